The minimum absolute atomic E-state index is 0.0337. The van der Waals surface area contributed by atoms with Crippen molar-refractivity contribution in [3.63, 3.8) is 0 Å². The number of amides is 2. The first kappa shape index (κ1) is 34.4. The van der Waals surface area contributed by atoms with E-state index in [2.05, 4.69) is 22.1 Å². The number of pyridine rings is 1. The molecule has 0 bridgehead atoms. The largest absolute Gasteiger partial charge is 0.394 e. The van der Waals surface area contributed by atoms with Crippen molar-refractivity contribution in [1.29, 1.82) is 0 Å². The molecule has 0 aliphatic rings. The lowest BCUT2D eigenvalue weighted by atomic mass is 10.0. The fourth-order valence-electron chi connectivity index (χ4n) is 5.01. The van der Waals surface area contributed by atoms with Crippen LogP contribution in [0.2, 0.25) is 0 Å². The minimum Gasteiger partial charge on any atom is -0.394 e. The van der Waals surface area contributed by atoms with Gasteiger partial charge in [0.15, 0.2) is 12.4 Å². The highest BCUT2D eigenvalue weighted by atomic mass is 16.3. The van der Waals surface area contributed by atoms with Gasteiger partial charge in [-0.1, -0.05) is 89.3 Å². The molecule has 0 saturated carbocycles. The van der Waals surface area contributed by atoms with E-state index < -0.39 is 12.1 Å². The molecule has 7 nitrogen and oxygen atoms in total. The van der Waals surface area contributed by atoms with Gasteiger partial charge in [-0.25, -0.2) is 4.57 Å². The molecule has 4 N–H and O–H groups in total. The molecule has 2 rings (SSSR count). The number of unbranched alkanes of at least 4 members (excludes halogenated alkanes) is 12. The van der Waals surface area contributed by atoms with Gasteiger partial charge >= 0.3 is 0 Å². The minimum atomic E-state index is -1.03. The molecule has 0 spiro atoms. The molecular formula is C34H54N3O4+. The van der Waals surface area contributed by atoms with Crippen molar-refractivity contribution >= 4 is 17.5 Å². The Kier molecular flexibility index (Phi) is 18.4. The number of aliphatic hydroxyl groups excluding tert-OH is 2. The Morgan fingerprint density at radius 2 is 1.27 bits per heavy atom. The van der Waals surface area contributed by atoms with Gasteiger partial charge in [0.1, 0.15) is 12.6 Å². The second-order valence-electron chi connectivity index (χ2n) is 11.2. The Morgan fingerprint density at radius 3 is 1.85 bits per heavy atom. The number of carbonyl (C=O) groups excluding carboxylic acids is 2. The summed E-state index contributed by atoms with van der Waals surface area (Å²) in [5.41, 5.74) is 1.24. The third-order valence-corrected chi connectivity index (χ3v) is 7.57. The van der Waals surface area contributed by atoms with Crippen molar-refractivity contribution < 1.29 is 24.4 Å². The number of hydrogen-bond acceptors (Lipinski definition) is 4. The van der Waals surface area contributed by atoms with Gasteiger partial charge < -0.3 is 20.8 Å². The van der Waals surface area contributed by atoms with Crippen LogP contribution in [0.3, 0.4) is 0 Å². The van der Waals surface area contributed by atoms with Crippen molar-refractivity contribution in [2.75, 3.05) is 11.9 Å². The number of aliphatic hydroxyl groups is 2. The van der Waals surface area contributed by atoms with Gasteiger partial charge in [-0.15, -0.1) is 0 Å². The lowest BCUT2D eigenvalue weighted by Crippen LogP contribution is -2.41. The lowest BCUT2D eigenvalue weighted by Gasteiger charge is -2.23. The van der Waals surface area contributed by atoms with Gasteiger partial charge in [-0.05, 0) is 37.0 Å². The lowest BCUT2D eigenvalue weighted by molar-refractivity contribution is -0.697. The molecular weight excluding hydrogens is 514 g/mol. The van der Waals surface area contributed by atoms with Gasteiger partial charge in [0, 0.05) is 37.1 Å². The van der Waals surface area contributed by atoms with Gasteiger partial charge in [0.05, 0.1) is 12.6 Å². The van der Waals surface area contributed by atoms with Crippen molar-refractivity contribution in [1.82, 2.24) is 5.32 Å². The molecule has 1 aromatic carbocycles. The van der Waals surface area contributed by atoms with E-state index in [1.54, 1.807) is 24.3 Å². The van der Waals surface area contributed by atoms with Crippen LogP contribution in [-0.4, -0.2) is 34.7 Å². The van der Waals surface area contributed by atoms with Crippen LogP contribution in [0.25, 0.3) is 0 Å². The molecule has 0 saturated heterocycles. The number of benzene rings is 1. The van der Waals surface area contributed by atoms with E-state index >= 15 is 0 Å². The van der Waals surface area contributed by atoms with Crippen LogP contribution in [-0.2, 0) is 16.1 Å². The van der Waals surface area contributed by atoms with E-state index in [-0.39, 0.29) is 18.4 Å². The van der Waals surface area contributed by atoms with E-state index in [1.807, 2.05) is 30.6 Å². The first-order valence-corrected chi connectivity index (χ1v) is 16.0. The summed E-state index contributed by atoms with van der Waals surface area (Å²) in [5, 5.41) is 26.2. The number of aromatic nitrogens is 1. The Labute approximate surface area is 247 Å². The van der Waals surface area contributed by atoms with Crippen LogP contribution in [0.1, 0.15) is 121 Å². The highest BCUT2D eigenvalue weighted by molar-refractivity contribution is 5.90. The maximum atomic E-state index is 12.4. The summed E-state index contributed by atoms with van der Waals surface area (Å²) >= 11 is 0. The predicted octanol–water partition coefficient (Wildman–Crippen LogP) is 6.38. The van der Waals surface area contributed by atoms with Crippen molar-refractivity contribution in [2.45, 2.75) is 128 Å². The Bertz CT molecular complexity index is 952. The second-order valence-corrected chi connectivity index (χ2v) is 11.2. The molecule has 7 heteroatoms. The summed E-state index contributed by atoms with van der Waals surface area (Å²) in [6, 6.07) is 12.2. The fraction of sp³-hybridized carbons (Fsp3) is 0.618. The quantitative estimate of drug-likeness (QED) is 0.0922. The number of hydrogen-bond donors (Lipinski definition) is 4. The zero-order chi connectivity index (χ0) is 29.5. The second kappa shape index (κ2) is 21.9. The van der Waals surface area contributed by atoms with Crippen LogP contribution >= 0.6 is 0 Å². The van der Waals surface area contributed by atoms with Crippen LogP contribution < -0.4 is 15.2 Å². The molecule has 1 heterocycles. The van der Waals surface area contributed by atoms with Crippen LogP contribution in [0, 0.1) is 0 Å². The van der Waals surface area contributed by atoms with Gasteiger partial charge in [-0.3, -0.25) is 9.59 Å². The molecule has 2 atom stereocenters. The van der Waals surface area contributed by atoms with E-state index in [1.165, 1.54) is 51.4 Å². The highest BCUT2D eigenvalue weighted by Gasteiger charge is 2.22. The van der Waals surface area contributed by atoms with Crippen LogP contribution in [0.5, 0.6) is 0 Å². The Hall–Kier alpha value is -2.77. The molecule has 0 aliphatic heterocycles. The molecule has 1 aromatic heterocycles. The summed E-state index contributed by atoms with van der Waals surface area (Å²) in [6.45, 7) is 2.83. The number of rotatable bonds is 23. The molecule has 0 aliphatic carbocycles. The highest BCUT2D eigenvalue weighted by Crippen LogP contribution is 2.20. The molecule has 41 heavy (non-hydrogen) atoms. The molecule has 228 valence electrons. The summed E-state index contributed by atoms with van der Waals surface area (Å²) in [4.78, 5) is 24.7. The third-order valence-electron chi connectivity index (χ3n) is 7.57. The van der Waals surface area contributed by atoms with Crippen LogP contribution in [0.4, 0.5) is 5.69 Å². The molecule has 2 aromatic rings. The Morgan fingerprint density at radius 1 is 0.732 bits per heavy atom. The molecule has 2 amide bonds. The van der Waals surface area contributed by atoms with Gasteiger partial charge in [-0.2, -0.15) is 0 Å². The maximum absolute atomic E-state index is 12.4. The summed E-state index contributed by atoms with van der Waals surface area (Å²) < 4.78 is 2.14. The first-order valence-electron chi connectivity index (χ1n) is 16.0. The van der Waals surface area contributed by atoms with Crippen molar-refractivity contribution in [2.24, 2.45) is 0 Å². The zero-order valence-corrected chi connectivity index (χ0v) is 25.2. The van der Waals surface area contributed by atoms with Crippen LogP contribution in [0.15, 0.2) is 54.9 Å². The fourth-order valence-corrected chi connectivity index (χ4v) is 5.01. The van der Waals surface area contributed by atoms with E-state index in [4.69, 9.17) is 0 Å². The topological polar surface area (TPSA) is 103 Å². The number of anilines is 1. The molecule has 0 unspecified atom stereocenters. The summed E-state index contributed by atoms with van der Waals surface area (Å²) in [7, 11) is 0. The average molecular weight is 569 g/mol. The van der Waals surface area contributed by atoms with Gasteiger partial charge in [0.2, 0.25) is 11.8 Å². The number of nitrogens with one attached hydrogen (secondary N) is 2. The van der Waals surface area contributed by atoms with E-state index in [9.17, 15) is 19.8 Å². The predicted molar refractivity (Wildman–Crippen MR) is 165 cm³/mol. The SMILES string of the molecule is CCCCCCCCCCCCCC(=O)N[C@H](CO)[C@H](O)c1ccc(NC(=O)CCCCC[n+]2ccccc2)cc1. The standard InChI is InChI=1S/C34H53N3O4/c1-2-3-4-5-6-7-8-9-10-11-14-20-33(40)36-31(28-38)34(41)29-21-23-30(24-22-29)35-32(39)19-15-12-16-25-37-26-17-13-18-27-37/h13,17-18,21-24,26-27,31,34,38,41H,2-12,14-16,19-20,25,28H2,1H3,(H-,35,36,39,40)/p+1/t31-,34-/m1/s1. The Balaban J connectivity index is 1.59. The number of aryl methyl sites for hydroxylation is 1. The smallest absolute Gasteiger partial charge is 0.224 e. The number of carbonyl (C=O) groups is 2. The monoisotopic (exact) mass is 568 g/mol. The zero-order valence-electron chi connectivity index (χ0n) is 25.2. The molecule has 0 radical (unpaired) electrons. The van der Waals surface area contributed by atoms with Crippen molar-refractivity contribution in [3.8, 4) is 0 Å². The van der Waals surface area contributed by atoms with E-state index in [0.717, 1.165) is 45.1 Å². The summed E-state index contributed by atoms with van der Waals surface area (Å²) in [6.07, 6.45) is 20.2. The molecule has 0 fully saturated rings. The average Bonchev–Trinajstić information content (AvgIpc) is 2.99. The maximum Gasteiger partial charge on any atom is 0.224 e. The summed E-state index contributed by atoms with van der Waals surface area (Å²) in [5.74, 6) is -0.182. The number of nitrogens with zero attached hydrogens (tertiary/aromatic N) is 1. The van der Waals surface area contributed by atoms with E-state index in [0.29, 0.717) is 24.1 Å². The van der Waals surface area contributed by atoms with Crippen molar-refractivity contribution in [3.05, 3.63) is 60.4 Å². The van der Waals surface area contributed by atoms with Gasteiger partial charge in [0.25, 0.3) is 0 Å². The third kappa shape index (κ3) is 15.7. The normalized spacial score (nSPS) is 12.6. The first-order chi connectivity index (χ1) is 20.0.